The molecule has 18 heavy (non-hydrogen) atoms. The van der Waals surface area contributed by atoms with Crippen LogP contribution in [0.15, 0.2) is 6.07 Å². The summed E-state index contributed by atoms with van der Waals surface area (Å²) in [5, 5.41) is 2.83. The van der Waals surface area contributed by atoms with E-state index >= 15 is 0 Å². The lowest BCUT2D eigenvalue weighted by atomic mass is 10.1. The molecule has 1 aromatic rings. The normalized spacial score (nSPS) is 19.6. The fraction of sp³-hybridized carbons (Fsp3) is 0.500. The fourth-order valence-corrected chi connectivity index (χ4v) is 2.07. The number of amides is 1. The minimum absolute atomic E-state index is 0.00295. The minimum Gasteiger partial charge on any atom is -0.368 e. The van der Waals surface area contributed by atoms with Crippen LogP contribution in [-0.4, -0.2) is 35.0 Å². The van der Waals surface area contributed by atoms with Gasteiger partial charge in [0.15, 0.2) is 0 Å². The number of nitrogens with one attached hydrogen (secondary N) is 2. The van der Waals surface area contributed by atoms with Gasteiger partial charge < -0.3 is 21.4 Å². The zero-order chi connectivity index (χ0) is 13.1. The van der Waals surface area contributed by atoms with Crippen LogP contribution in [0.25, 0.3) is 0 Å². The van der Waals surface area contributed by atoms with Crippen molar-refractivity contribution in [2.45, 2.75) is 19.4 Å². The van der Waals surface area contributed by atoms with E-state index in [4.69, 9.17) is 11.6 Å². The highest BCUT2D eigenvalue weighted by Crippen LogP contribution is 2.21. The van der Waals surface area contributed by atoms with E-state index in [1.807, 2.05) is 11.8 Å². The molecular formula is C10H17N7O. The van der Waals surface area contributed by atoms with Gasteiger partial charge in [-0.25, -0.2) is 5.84 Å². The third-order valence-corrected chi connectivity index (χ3v) is 2.89. The van der Waals surface area contributed by atoms with Crippen molar-refractivity contribution in [1.82, 2.24) is 15.3 Å². The first-order valence-electron chi connectivity index (χ1n) is 5.81. The number of carbonyl (C=O) groups excluding carboxylic acids is 1. The Morgan fingerprint density at radius 1 is 1.61 bits per heavy atom. The SMILES string of the molecule is CCC1C(=O)NCCN1c1cc(NN)nc(N)n1. The molecule has 1 aliphatic rings. The smallest absolute Gasteiger partial charge is 0.242 e. The first-order valence-corrected chi connectivity index (χ1v) is 5.81. The number of piperazine rings is 1. The zero-order valence-electron chi connectivity index (χ0n) is 10.2. The van der Waals surface area contributed by atoms with Crippen molar-refractivity contribution >= 4 is 23.5 Å². The number of hydrazine groups is 1. The molecule has 0 spiro atoms. The predicted molar refractivity (Wildman–Crippen MR) is 68.7 cm³/mol. The topological polar surface area (TPSA) is 122 Å². The molecule has 0 radical (unpaired) electrons. The monoisotopic (exact) mass is 251 g/mol. The molecule has 0 aliphatic carbocycles. The molecule has 8 nitrogen and oxygen atoms in total. The van der Waals surface area contributed by atoms with Gasteiger partial charge in [-0.1, -0.05) is 6.92 Å². The van der Waals surface area contributed by atoms with Crippen molar-refractivity contribution < 1.29 is 4.79 Å². The number of aromatic nitrogens is 2. The molecular weight excluding hydrogens is 234 g/mol. The highest BCUT2D eigenvalue weighted by molar-refractivity contribution is 5.86. The lowest BCUT2D eigenvalue weighted by Gasteiger charge is -2.35. The third-order valence-electron chi connectivity index (χ3n) is 2.89. The number of nitrogens with two attached hydrogens (primary N) is 2. The van der Waals surface area contributed by atoms with Crippen LogP contribution in [0.2, 0.25) is 0 Å². The van der Waals surface area contributed by atoms with Gasteiger partial charge in [0, 0.05) is 19.2 Å². The van der Waals surface area contributed by atoms with E-state index in [0.29, 0.717) is 31.1 Å². The van der Waals surface area contributed by atoms with E-state index in [2.05, 4.69) is 20.7 Å². The second-order valence-corrected chi connectivity index (χ2v) is 4.02. The Labute approximate surface area is 105 Å². The molecule has 2 rings (SSSR count). The molecule has 0 saturated carbocycles. The molecule has 2 heterocycles. The molecule has 1 amide bonds. The van der Waals surface area contributed by atoms with Gasteiger partial charge >= 0.3 is 0 Å². The van der Waals surface area contributed by atoms with Crippen molar-refractivity contribution in [3.05, 3.63) is 6.07 Å². The molecule has 1 saturated heterocycles. The summed E-state index contributed by atoms with van der Waals surface area (Å²) in [5.74, 6) is 6.48. The van der Waals surface area contributed by atoms with E-state index in [1.54, 1.807) is 6.07 Å². The lowest BCUT2D eigenvalue weighted by Crippen LogP contribution is -2.55. The van der Waals surface area contributed by atoms with Crippen molar-refractivity contribution in [2.75, 3.05) is 29.1 Å². The first-order chi connectivity index (χ1) is 8.65. The molecule has 0 aromatic carbocycles. The first kappa shape index (κ1) is 12.4. The van der Waals surface area contributed by atoms with Gasteiger partial charge in [-0.15, -0.1) is 0 Å². The molecule has 6 N–H and O–H groups in total. The number of nitrogens with zero attached hydrogens (tertiary/aromatic N) is 3. The van der Waals surface area contributed by atoms with E-state index in [-0.39, 0.29) is 17.9 Å². The number of rotatable bonds is 3. The molecule has 8 heteroatoms. The average Bonchev–Trinajstić information content (AvgIpc) is 2.37. The number of hydrogen-bond donors (Lipinski definition) is 4. The van der Waals surface area contributed by atoms with Crippen molar-refractivity contribution in [3.63, 3.8) is 0 Å². The minimum atomic E-state index is -0.237. The van der Waals surface area contributed by atoms with E-state index in [1.165, 1.54) is 0 Å². The lowest BCUT2D eigenvalue weighted by molar-refractivity contribution is -0.123. The Kier molecular flexibility index (Phi) is 3.47. The molecule has 1 unspecified atom stereocenters. The highest BCUT2D eigenvalue weighted by Gasteiger charge is 2.29. The van der Waals surface area contributed by atoms with Crippen molar-refractivity contribution in [1.29, 1.82) is 0 Å². The van der Waals surface area contributed by atoms with Gasteiger partial charge in [0.2, 0.25) is 11.9 Å². The maximum Gasteiger partial charge on any atom is 0.242 e. The Hall–Kier alpha value is -2.09. The van der Waals surface area contributed by atoms with Crippen LogP contribution in [0.5, 0.6) is 0 Å². The Balaban J connectivity index is 2.34. The summed E-state index contributed by atoms with van der Waals surface area (Å²) in [5.41, 5.74) is 8.05. The molecule has 1 aromatic heterocycles. The summed E-state index contributed by atoms with van der Waals surface area (Å²) >= 11 is 0. The van der Waals surface area contributed by atoms with Gasteiger partial charge in [-0.2, -0.15) is 9.97 Å². The van der Waals surface area contributed by atoms with E-state index in [9.17, 15) is 4.79 Å². The average molecular weight is 251 g/mol. The Bertz CT molecular complexity index is 450. The third kappa shape index (κ3) is 2.28. The predicted octanol–water partition coefficient (Wildman–Crippen LogP) is -0.941. The molecule has 0 bridgehead atoms. The molecule has 1 fully saturated rings. The molecule has 98 valence electrons. The van der Waals surface area contributed by atoms with Crippen LogP contribution >= 0.6 is 0 Å². The van der Waals surface area contributed by atoms with Crippen LogP contribution in [0.4, 0.5) is 17.6 Å². The Morgan fingerprint density at radius 2 is 2.39 bits per heavy atom. The van der Waals surface area contributed by atoms with E-state index < -0.39 is 0 Å². The summed E-state index contributed by atoms with van der Waals surface area (Å²) in [4.78, 5) is 21.8. The number of carbonyl (C=O) groups is 1. The van der Waals surface area contributed by atoms with Crippen LogP contribution in [0, 0.1) is 0 Å². The molecule has 1 atom stereocenters. The van der Waals surface area contributed by atoms with Crippen LogP contribution < -0.4 is 27.2 Å². The Morgan fingerprint density at radius 3 is 3.06 bits per heavy atom. The van der Waals surface area contributed by atoms with Gasteiger partial charge in [0.25, 0.3) is 0 Å². The van der Waals surface area contributed by atoms with Gasteiger partial charge in [-0.3, -0.25) is 4.79 Å². The second-order valence-electron chi connectivity index (χ2n) is 4.02. The van der Waals surface area contributed by atoms with Crippen molar-refractivity contribution in [3.8, 4) is 0 Å². The summed E-state index contributed by atoms with van der Waals surface area (Å²) in [6.07, 6.45) is 0.696. The molecule has 1 aliphatic heterocycles. The summed E-state index contributed by atoms with van der Waals surface area (Å²) in [6.45, 7) is 3.23. The zero-order valence-corrected chi connectivity index (χ0v) is 10.2. The highest BCUT2D eigenvalue weighted by atomic mass is 16.2. The number of hydrogen-bond acceptors (Lipinski definition) is 7. The quantitative estimate of drug-likeness (QED) is 0.404. The largest absolute Gasteiger partial charge is 0.368 e. The maximum absolute atomic E-state index is 11.8. The summed E-state index contributed by atoms with van der Waals surface area (Å²) < 4.78 is 0. The number of anilines is 3. The van der Waals surface area contributed by atoms with Crippen molar-refractivity contribution in [2.24, 2.45) is 5.84 Å². The fourth-order valence-electron chi connectivity index (χ4n) is 2.07. The number of nitrogen functional groups attached to an aromatic ring is 2. The van der Waals surface area contributed by atoms with Crippen LogP contribution in [-0.2, 0) is 4.79 Å². The maximum atomic E-state index is 11.8. The van der Waals surface area contributed by atoms with Gasteiger partial charge in [-0.05, 0) is 6.42 Å². The van der Waals surface area contributed by atoms with Gasteiger partial charge in [0.1, 0.15) is 17.7 Å². The van der Waals surface area contributed by atoms with Crippen LogP contribution in [0.1, 0.15) is 13.3 Å². The summed E-state index contributed by atoms with van der Waals surface area (Å²) in [6, 6.07) is 1.44. The van der Waals surface area contributed by atoms with Crippen LogP contribution in [0.3, 0.4) is 0 Å². The second kappa shape index (κ2) is 5.05. The van der Waals surface area contributed by atoms with Gasteiger partial charge in [0.05, 0.1) is 0 Å². The van der Waals surface area contributed by atoms with E-state index in [0.717, 1.165) is 0 Å². The standard InChI is InChI=1S/C10H17N7O/c1-2-6-9(18)13-3-4-17(6)8-5-7(16-12)14-10(11)15-8/h5-6H,2-4,12H2,1H3,(H,13,18)(H3,11,14,15,16). The summed E-state index contributed by atoms with van der Waals surface area (Å²) in [7, 11) is 0.